The Morgan fingerprint density at radius 3 is 2.95 bits per heavy atom. The number of halogens is 1. The van der Waals surface area contributed by atoms with Crippen LogP contribution in [-0.2, 0) is 0 Å². The molecule has 1 heterocycles. The molecule has 0 radical (unpaired) electrons. The van der Waals surface area contributed by atoms with E-state index in [0.29, 0.717) is 5.56 Å². The Hall–Kier alpha value is -2.24. The molecule has 2 aromatic rings. The van der Waals surface area contributed by atoms with Crippen LogP contribution in [0.15, 0.2) is 28.7 Å². The zero-order chi connectivity index (χ0) is 13.8. The van der Waals surface area contributed by atoms with Crippen molar-refractivity contribution in [1.29, 1.82) is 0 Å². The van der Waals surface area contributed by atoms with E-state index in [9.17, 15) is 9.18 Å². The van der Waals surface area contributed by atoms with Crippen molar-refractivity contribution in [3.63, 3.8) is 0 Å². The molecule has 2 rings (SSSR count). The number of carbonyl (C=O) groups is 1. The third kappa shape index (κ3) is 3.15. The lowest BCUT2D eigenvalue weighted by Crippen LogP contribution is -2.32. The summed E-state index contributed by atoms with van der Waals surface area (Å²) in [7, 11) is 0. The van der Waals surface area contributed by atoms with E-state index in [2.05, 4.69) is 15.5 Å². The molecule has 1 amide bonds. The first kappa shape index (κ1) is 13.2. The van der Waals surface area contributed by atoms with E-state index in [1.165, 1.54) is 18.2 Å². The molecular weight excluding hydrogens is 249 g/mol. The number of benzene rings is 1. The molecule has 0 spiro atoms. The second-order valence-electron chi connectivity index (χ2n) is 4.21. The van der Waals surface area contributed by atoms with Crippen molar-refractivity contribution in [2.75, 3.05) is 0 Å². The van der Waals surface area contributed by atoms with Crippen molar-refractivity contribution in [3.8, 4) is 11.5 Å². The molecule has 0 fully saturated rings. The summed E-state index contributed by atoms with van der Waals surface area (Å²) >= 11 is 0. The minimum atomic E-state index is -0.426. The molecule has 19 heavy (non-hydrogen) atoms. The van der Waals surface area contributed by atoms with Gasteiger partial charge >= 0.3 is 11.8 Å². The maximum atomic E-state index is 13.1. The molecule has 1 aromatic heterocycles. The van der Waals surface area contributed by atoms with Crippen LogP contribution < -0.4 is 5.32 Å². The molecule has 0 saturated carbocycles. The van der Waals surface area contributed by atoms with Crippen LogP contribution in [0.25, 0.3) is 11.5 Å². The van der Waals surface area contributed by atoms with Gasteiger partial charge in [0.2, 0.25) is 5.89 Å². The molecule has 1 aromatic carbocycles. The molecule has 0 aliphatic carbocycles. The van der Waals surface area contributed by atoms with Crippen LogP contribution in [0.5, 0.6) is 0 Å². The van der Waals surface area contributed by atoms with Crippen molar-refractivity contribution < 1.29 is 13.6 Å². The molecular formula is C13H14FN3O2. The number of hydrogen-bond acceptors (Lipinski definition) is 4. The van der Waals surface area contributed by atoms with Crippen molar-refractivity contribution in [3.05, 3.63) is 36.0 Å². The number of rotatable bonds is 4. The SMILES string of the molecule is CCC(C)NC(=O)c1nnc(-c2cccc(F)c2)o1. The topological polar surface area (TPSA) is 68.0 Å². The molecule has 0 bridgehead atoms. The smallest absolute Gasteiger partial charge is 0.309 e. The van der Waals surface area contributed by atoms with Crippen LogP contribution in [0, 0.1) is 5.82 Å². The van der Waals surface area contributed by atoms with Gasteiger partial charge in [-0.3, -0.25) is 4.79 Å². The number of hydrogen-bond donors (Lipinski definition) is 1. The summed E-state index contributed by atoms with van der Waals surface area (Å²) in [5.41, 5.74) is 0.440. The van der Waals surface area contributed by atoms with Gasteiger partial charge in [0, 0.05) is 11.6 Å². The van der Waals surface area contributed by atoms with Crippen LogP contribution in [0.1, 0.15) is 31.0 Å². The Kier molecular flexibility index (Phi) is 3.89. The lowest BCUT2D eigenvalue weighted by atomic mass is 10.2. The summed E-state index contributed by atoms with van der Waals surface area (Å²) < 4.78 is 18.3. The third-order valence-electron chi connectivity index (χ3n) is 2.68. The Balaban J connectivity index is 2.17. The van der Waals surface area contributed by atoms with Crippen molar-refractivity contribution in [2.24, 2.45) is 0 Å². The van der Waals surface area contributed by atoms with Crippen LogP contribution in [-0.4, -0.2) is 22.1 Å². The molecule has 0 aliphatic heterocycles. The van der Waals surface area contributed by atoms with Gasteiger partial charge in [-0.2, -0.15) is 0 Å². The van der Waals surface area contributed by atoms with Gasteiger partial charge < -0.3 is 9.73 Å². The predicted octanol–water partition coefficient (Wildman–Crippen LogP) is 2.40. The first-order chi connectivity index (χ1) is 9.10. The largest absolute Gasteiger partial charge is 0.412 e. The highest BCUT2D eigenvalue weighted by molar-refractivity contribution is 5.89. The number of amides is 1. The van der Waals surface area contributed by atoms with Gasteiger partial charge in [-0.25, -0.2) is 4.39 Å². The van der Waals surface area contributed by atoms with E-state index in [0.717, 1.165) is 6.42 Å². The first-order valence-corrected chi connectivity index (χ1v) is 6.00. The average Bonchev–Trinajstić information content (AvgIpc) is 2.88. The minimum Gasteiger partial charge on any atom is -0.412 e. The summed E-state index contributed by atoms with van der Waals surface area (Å²) in [5.74, 6) is -0.834. The molecule has 100 valence electrons. The maximum absolute atomic E-state index is 13.1. The standard InChI is InChI=1S/C13H14FN3O2/c1-3-8(2)15-11(18)13-17-16-12(19-13)9-5-4-6-10(14)7-9/h4-8H,3H2,1-2H3,(H,15,18). The Morgan fingerprint density at radius 2 is 2.26 bits per heavy atom. The second kappa shape index (κ2) is 5.60. The highest BCUT2D eigenvalue weighted by Crippen LogP contribution is 2.18. The summed E-state index contributed by atoms with van der Waals surface area (Å²) in [6.45, 7) is 3.83. The highest BCUT2D eigenvalue weighted by atomic mass is 19.1. The monoisotopic (exact) mass is 263 g/mol. The van der Waals surface area contributed by atoms with E-state index < -0.39 is 11.7 Å². The maximum Gasteiger partial charge on any atom is 0.309 e. The lowest BCUT2D eigenvalue weighted by Gasteiger charge is -2.08. The zero-order valence-corrected chi connectivity index (χ0v) is 10.7. The quantitative estimate of drug-likeness (QED) is 0.919. The molecule has 1 atom stereocenters. The fourth-order valence-electron chi connectivity index (χ4n) is 1.44. The summed E-state index contributed by atoms with van der Waals surface area (Å²) in [4.78, 5) is 11.7. The van der Waals surface area contributed by atoms with Crippen LogP contribution >= 0.6 is 0 Å². The van der Waals surface area contributed by atoms with Gasteiger partial charge in [0.05, 0.1) is 0 Å². The van der Waals surface area contributed by atoms with Gasteiger partial charge in [0.25, 0.3) is 0 Å². The molecule has 1 unspecified atom stereocenters. The van der Waals surface area contributed by atoms with Gasteiger partial charge in [-0.15, -0.1) is 10.2 Å². The van der Waals surface area contributed by atoms with Gasteiger partial charge in [0.15, 0.2) is 0 Å². The summed E-state index contributed by atoms with van der Waals surface area (Å²) in [6.07, 6.45) is 0.802. The van der Waals surface area contributed by atoms with Crippen molar-refractivity contribution >= 4 is 5.91 Å². The van der Waals surface area contributed by atoms with E-state index in [1.54, 1.807) is 6.07 Å². The van der Waals surface area contributed by atoms with Gasteiger partial charge in [0.1, 0.15) is 5.82 Å². The zero-order valence-electron chi connectivity index (χ0n) is 10.7. The third-order valence-corrected chi connectivity index (χ3v) is 2.68. The molecule has 6 heteroatoms. The highest BCUT2D eigenvalue weighted by Gasteiger charge is 2.17. The molecule has 1 N–H and O–H groups in total. The molecule has 0 aliphatic rings. The fraction of sp³-hybridized carbons (Fsp3) is 0.308. The van der Waals surface area contributed by atoms with E-state index in [4.69, 9.17) is 4.42 Å². The number of nitrogens with zero attached hydrogens (tertiary/aromatic N) is 2. The predicted molar refractivity (Wildman–Crippen MR) is 66.9 cm³/mol. The number of aromatic nitrogens is 2. The Morgan fingerprint density at radius 1 is 1.47 bits per heavy atom. The lowest BCUT2D eigenvalue weighted by molar-refractivity contribution is 0.0905. The van der Waals surface area contributed by atoms with Gasteiger partial charge in [-0.05, 0) is 31.5 Å². The van der Waals surface area contributed by atoms with E-state index >= 15 is 0 Å². The van der Waals surface area contributed by atoms with E-state index in [1.807, 2.05) is 13.8 Å². The molecule has 5 nitrogen and oxygen atoms in total. The van der Waals surface area contributed by atoms with Crippen LogP contribution in [0.4, 0.5) is 4.39 Å². The Bertz CT molecular complexity index is 583. The first-order valence-electron chi connectivity index (χ1n) is 6.00. The average molecular weight is 263 g/mol. The molecule has 0 saturated heterocycles. The van der Waals surface area contributed by atoms with Crippen molar-refractivity contribution in [1.82, 2.24) is 15.5 Å². The fourth-order valence-corrected chi connectivity index (χ4v) is 1.44. The van der Waals surface area contributed by atoms with Crippen molar-refractivity contribution in [2.45, 2.75) is 26.3 Å². The van der Waals surface area contributed by atoms with Crippen LogP contribution in [0.3, 0.4) is 0 Å². The Labute approximate surface area is 109 Å². The minimum absolute atomic E-state index is 0.0250. The van der Waals surface area contributed by atoms with E-state index in [-0.39, 0.29) is 17.8 Å². The normalized spacial score (nSPS) is 12.2. The number of carbonyl (C=O) groups excluding carboxylic acids is 1. The number of nitrogens with one attached hydrogen (secondary N) is 1. The summed E-state index contributed by atoms with van der Waals surface area (Å²) in [6, 6.07) is 5.78. The second-order valence-corrected chi connectivity index (χ2v) is 4.21. The van der Waals surface area contributed by atoms with Crippen LogP contribution in [0.2, 0.25) is 0 Å². The summed E-state index contributed by atoms with van der Waals surface area (Å²) in [5, 5.41) is 10.1. The van der Waals surface area contributed by atoms with Gasteiger partial charge in [-0.1, -0.05) is 13.0 Å².